The Morgan fingerprint density at radius 3 is 2.45 bits per heavy atom. The number of pyridine rings is 1. The minimum Gasteiger partial charge on any atom is -0.455 e. The highest BCUT2D eigenvalue weighted by atomic mass is 16.3. The SMILES string of the molecule is [C-]#[N+]c1ccc2oc3c(-c4ccc(-c5ccccc5)c[n+]4C)c(C)ccc3c2c1. The van der Waals surface area contributed by atoms with Gasteiger partial charge >= 0.3 is 0 Å². The predicted octanol–water partition coefficient (Wildman–Crippen LogP) is 6.60. The zero-order valence-corrected chi connectivity index (χ0v) is 16.3. The van der Waals surface area contributed by atoms with Crippen molar-refractivity contribution in [3.8, 4) is 22.4 Å². The van der Waals surface area contributed by atoms with E-state index in [-0.39, 0.29) is 0 Å². The van der Waals surface area contributed by atoms with Crippen molar-refractivity contribution in [3.05, 3.63) is 96.0 Å². The third-order valence-electron chi connectivity index (χ3n) is 5.46. The second-order valence-electron chi connectivity index (χ2n) is 7.31. The van der Waals surface area contributed by atoms with Crippen LogP contribution in [0.15, 0.2) is 83.4 Å². The molecule has 0 aliphatic heterocycles. The van der Waals surface area contributed by atoms with E-state index in [1.165, 1.54) is 11.1 Å². The Balaban J connectivity index is 1.74. The minimum absolute atomic E-state index is 0.625. The Labute approximate surface area is 169 Å². The second-order valence-corrected chi connectivity index (χ2v) is 7.31. The molecule has 0 fully saturated rings. The van der Waals surface area contributed by atoms with E-state index in [2.05, 4.69) is 78.1 Å². The van der Waals surface area contributed by atoms with E-state index in [0.717, 1.165) is 38.8 Å². The largest absolute Gasteiger partial charge is 0.455 e. The Kier molecular flexibility index (Phi) is 3.93. The highest BCUT2D eigenvalue weighted by Crippen LogP contribution is 2.38. The lowest BCUT2D eigenvalue weighted by Crippen LogP contribution is -2.30. The van der Waals surface area contributed by atoms with Crippen molar-refractivity contribution in [2.45, 2.75) is 6.92 Å². The number of benzene rings is 3. The van der Waals surface area contributed by atoms with Crippen molar-refractivity contribution in [2.24, 2.45) is 7.05 Å². The van der Waals surface area contributed by atoms with Crippen LogP contribution < -0.4 is 4.57 Å². The zero-order chi connectivity index (χ0) is 20.0. The second kappa shape index (κ2) is 6.61. The van der Waals surface area contributed by atoms with E-state index in [1.54, 1.807) is 6.07 Å². The molecule has 5 aromatic rings. The van der Waals surface area contributed by atoms with Crippen molar-refractivity contribution in [1.29, 1.82) is 0 Å². The van der Waals surface area contributed by atoms with Crippen molar-refractivity contribution in [1.82, 2.24) is 0 Å². The van der Waals surface area contributed by atoms with Crippen LogP contribution in [0.1, 0.15) is 5.56 Å². The smallest absolute Gasteiger partial charge is 0.216 e. The highest BCUT2D eigenvalue weighted by molar-refractivity contribution is 6.10. The summed E-state index contributed by atoms with van der Waals surface area (Å²) >= 11 is 0. The van der Waals surface area contributed by atoms with Gasteiger partial charge in [-0.3, -0.25) is 0 Å². The van der Waals surface area contributed by atoms with Crippen LogP contribution in [0, 0.1) is 13.5 Å². The van der Waals surface area contributed by atoms with Crippen LogP contribution in [0.4, 0.5) is 5.69 Å². The van der Waals surface area contributed by atoms with Crippen LogP contribution in [0.2, 0.25) is 0 Å². The average Bonchev–Trinajstić information content (AvgIpc) is 3.12. The molecule has 0 amide bonds. The number of hydrogen-bond acceptors (Lipinski definition) is 1. The lowest BCUT2D eigenvalue weighted by atomic mass is 9.99. The summed E-state index contributed by atoms with van der Waals surface area (Å²) in [5.41, 5.74) is 8.01. The predicted molar refractivity (Wildman–Crippen MR) is 117 cm³/mol. The van der Waals surface area contributed by atoms with Crippen molar-refractivity contribution in [3.63, 3.8) is 0 Å². The summed E-state index contributed by atoms with van der Waals surface area (Å²) in [4.78, 5) is 3.56. The summed E-state index contributed by atoms with van der Waals surface area (Å²) in [6.07, 6.45) is 2.16. The lowest BCUT2D eigenvalue weighted by molar-refractivity contribution is -0.659. The molecule has 0 spiro atoms. The number of furan rings is 1. The maximum Gasteiger partial charge on any atom is 0.216 e. The minimum atomic E-state index is 0.625. The van der Waals surface area contributed by atoms with Gasteiger partial charge in [-0.05, 0) is 36.2 Å². The summed E-state index contributed by atoms with van der Waals surface area (Å²) < 4.78 is 8.43. The summed E-state index contributed by atoms with van der Waals surface area (Å²) in [5, 5.41) is 2.02. The number of nitrogens with zero attached hydrogens (tertiary/aromatic N) is 2. The van der Waals surface area contributed by atoms with E-state index < -0.39 is 0 Å². The number of aromatic nitrogens is 1. The molecular weight excluding hydrogens is 356 g/mol. The summed E-state index contributed by atoms with van der Waals surface area (Å²) in [5.74, 6) is 0. The average molecular weight is 375 g/mol. The molecule has 5 rings (SSSR count). The van der Waals surface area contributed by atoms with Gasteiger partial charge in [0.15, 0.2) is 11.9 Å². The Hall–Kier alpha value is -3.90. The van der Waals surface area contributed by atoms with Crippen LogP contribution in [0.25, 0.3) is 49.2 Å². The number of aryl methyl sites for hydroxylation is 2. The maximum absolute atomic E-state index is 7.30. The Morgan fingerprint density at radius 2 is 1.69 bits per heavy atom. The Bertz CT molecular complexity index is 1420. The summed E-state index contributed by atoms with van der Waals surface area (Å²) in [7, 11) is 2.07. The maximum atomic E-state index is 7.30. The molecule has 2 aromatic heterocycles. The van der Waals surface area contributed by atoms with E-state index in [9.17, 15) is 0 Å². The fourth-order valence-corrected chi connectivity index (χ4v) is 3.98. The monoisotopic (exact) mass is 375 g/mol. The first kappa shape index (κ1) is 17.2. The fraction of sp³-hybridized carbons (Fsp3) is 0.0769. The van der Waals surface area contributed by atoms with Gasteiger partial charge in [0.25, 0.3) is 0 Å². The molecule has 0 N–H and O–H groups in total. The first-order valence-electron chi connectivity index (χ1n) is 9.54. The fourth-order valence-electron chi connectivity index (χ4n) is 3.98. The lowest BCUT2D eigenvalue weighted by Gasteiger charge is -2.07. The molecule has 0 radical (unpaired) electrons. The topological polar surface area (TPSA) is 21.4 Å². The molecule has 0 atom stereocenters. The van der Waals surface area contributed by atoms with Crippen LogP contribution >= 0.6 is 0 Å². The van der Waals surface area contributed by atoms with Gasteiger partial charge in [0.2, 0.25) is 5.69 Å². The van der Waals surface area contributed by atoms with Gasteiger partial charge in [-0.15, -0.1) is 0 Å². The third kappa shape index (κ3) is 2.78. The first-order valence-corrected chi connectivity index (χ1v) is 9.54. The molecule has 0 saturated carbocycles. The van der Waals surface area contributed by atoms with Crippen molar-refractivity contribution in [2.75, 3.05) is 0 Å². The zero-order valence-electron chi connectivity index (χ0n) is 16.3. The molecule has 3 nitrogen and oxygen atoms in total. The normalized spacial score (nSPS) is 11.1. The number of hydrogen-bond donors (Lipinski definition) is 0. The molecule has 0 unspecified atom stereocenters. The molecule has 0 aliphatic carbocycles. The van der Waals surface area contributed by atoms with Gasteiger partial charge in [0, 0.05) is 22.4 Å². The molecular formula is C26H19N2O+. The van der Waals surface area contributed by atoms with E-state index in [1.807, 2.05) is 18.2 Å². The van der Waals surface area contributed by atoms with Gasteiger partial charge < -0.3 is 4.42 Å². The third-order valence-corrected chi connectivity index (χ3v) is 5.46. The summed E-state index contributed by atoms with van der Waals surface area (Å²) in [6, 6.07) is 24.5. The summed E-state index contributed by atoms with van der Waals surface area (Å²) in [6.45, 7) is 9.41. The molecule has 3 heteroatoms. The molecule has 138 valence electrons. The molecule has 29 heavy (non-hydrogen) atoms. The van der Waals surface area contributed by atoms with Gasteiger partial charge in [-0.1, -0.05) is 48.5 Å². The molecule has 0 bridgehead atoms. The van der Waals surface area contributed by atoms with Crippen LogP contribution in [0.5, 0.6) is 0 Å². The van der Waals surface area contributed by atoms with Crippen LogP contribution in [0.3, 0.4) is 0 Å². The van der Waals surface area contributed by atoms with E-state index in [0.29, 0.717) is 5.69 Å². The van der Waals surface area contributed by atoms with Crippen LogP contribution in [-0.4, -0.2) is 0 Å². The van der Waals surface area contributed by atoms with Crippen molar-refractivity contribution >= 4 is 27.6 Å². The molecule has 0 aliphatic rings. The first-order chi connectivity index (χ1) is 14.2. The van der Waals surface area contributed by atoms with Gasteiger partial charge in [-0.2, -0.15) is 0 Å². The molecule has 0 saturated heterocycles. The van der Waals surface area contributed by atoms with E-state index in [4.69, 9.17) is 11.0 Å². The van der Waals surface area contributed by atoms with Crippen LogP contribution in [-0.2, 0) is 7.05 Å². The Morgan fingerprint density at radius 1 is 0.862 bits per heavy atom. The quantitative estimate of drug-likeness (QED) is 0.251. The van der Waals surface area contributed by atoms with Gasteiger partial charge in [0.05, 0.1) is 12.1 Å². The van der Waals surface area contributed by atoms with Crippen molar-refractivity contribution < 1.29 is 8.98 Å². The van der Waals surface area contributed by atoms with Gasteiger partial charge in [-0.25, -0.2) is 9.41 Å². The highest BCUT2D eigenvalue weighted by Gasteiger charge is 2.21. The van der Waals surface area contributed by atoms with E-state index >= 15 is 0 Å². The number of rotatable bonds is 2. The molecule has 3 aromatic carbocycles. The number of fused-ring (bicyclic) bond motifs is 3. The van der Waals surface area contributed by atoms with Gasteiger partial charge in [0.1, 0.15) is 18.2 Å². The molecule has 2 heterocycles. The standard InChI is InChI=1S/C26H19N2O/c1-17-9-12-21-22-15-20(27-2)11-14-24(22)29-26(21)25(17)23-13-10-19(16-28(23)3)18-7-5-4-6-8-18/h4-16H,1,3H3/q+1.